The maximum Gasteiger partial charge on any atom is 0.340 e. The van der Waals surface area contributed by atoms with Gasteiger partial charge in [-0.05, 0) is 25.6 Å². The van der Waals surface area contributed by atoms with Crippen LogP contribution in [0.2, 0.25) is 0 Å². The van der Waals surface area contributed by atoms with E-state index in [1.54, 1.807) is 0 Å². The molecule has 22 heavy (non-hydrogen) atoms. The molecule has 0 heterocycles. The predicted molar refractivity (Wildman–Crippen MR) is 85.3 cm³/mol. The zero-order valence-corrected chi connectivity index (χ0v) is 13.7. The molecule has 1 aromatic rings. The SMILES string of the molecule is COC(=O)c1cc([N+](=O)[O-])ccc1NCC(C)(C)CN(C)C. The number of anilines is 1. The number of methoxy groups -OCH3 is 1. The molecule has 0 unspecified atom stereocenters. The summed E-state index contributed by atoms with van der Waals surface area (Å²) in [6, 6.07) is 4.14. The predicted octanol–water partition coefficient (Wildman–Crippen LogP) is 2.38. The van der Waals surface area contributed by atoms with E-state index in [1.807, 2.05) is 14.1 Å². The van der Waals surface area contributed by atoms with E-state index in [1.165, 1.54) is 25.3 Å². The van der Waals surface area contributed by atoms with Crippen LogP contribution in [-0.4, -0.2) is 50.1 Å². The van der Waals surface area contributed by atoms with Crippen molar-refractivity contribution in [2.75, 3.05) is 39.6 Å². The lowest BCUT2D eigenvalue weighted by Gasteiger charge is -2.29. The van der Waals surface area contributed by atoms with Gasteiger partial charge in [0, 0.05) is 30.9 Å². The number of benzene rings is 1. The number of hydrogen-bond donors (Lipinski definition) is 1. The smallest absolute Gasteiger partial charge is 0.340 e. The Morgan fingerprint density at radius 1 is 1.41 bits per heavy atom. The van der Waals surface area contributed by atoms with E-state index >= 15 is 0 Å². The molecule has 7 heteroatoms. The fourth-order valence-corrected chi connectivity index (χ4v) is 2.33. The number of hydrogen-bond acceptors (Lipinski definition) is 6. The Labute approximate surface area is 130 Å². The zero-order valence-electron chi connectivity index (χ0n) is 13.7. The van der Waals surface area contributed by atoms with Gasteiger partial charge in [0.15, 0.2) is 0 Å². The summed E-state index contributed by atoms with van der Waals surface area (Å²) in [5.74, 6) is -0.600. The van der Waals surface area contributed by atoms with Crippen LogP contribution in [0.3, 0.4) is 0 Å². The maximum absolute atomic E-state index is 11.8. The third-order valence-corrected chi connectivity index (χ3v) is 3.12. The van der Waals surface area contributed by atoms with Crippen LogP contribution < -0.4 is 5.32 Å². The number of nitrogens with one attached hydrogen (secondary N) is 1. The van der Waals surface area contributed by atoms with E-state index in [9.17, 15) is 14.9 Å². The summed E-state index contributed by atoms with van der Waals surface area (Å²) >= 11 is 0. The molecule has 0 aliphatic rings. The molecule has 0 radical (unpaired) electrons. The number of carbonyl (C=O) groups is 1. The largest absolute Gasteiger partial charge is 0.465 e. The fraction of sp³-hybridized carbons (Fsp3) is 0.533. The number of nitro groups is 1. The van der Waals surface area contributed by atoms with Gasteiger partial charge in [-0.25, -0.2) is 4.79 Å². The van der Waals surface area contributed by atoms with Crippen molar-refractivity contribution < 1.29 is 14.5 Å². The second-order valence-corrected chi connectivity index (χ2v) is 6.23. The zero-order chi connectivity index (χ0) is 16.9. The van der Waals surface area contributed by atoms with Gasteiger partial charge in [-0.2, -0.15) is 0 Å². The van der Waals surface area contributed by atoms with Crippen LogP contribution in [0.25, 0.3) is 0 Å². The van der Waals surface area contributed by atoms with Gasteiger partial charge in [-0.15, -0.1) is 0 Å². The number of carbonyl (C=O) groups excluding carboxylic acids is 1. The van der Waals surface area contributed by atoms with Crippen LogP contribution in [-0.2, 0) is 4.74 Å². The Morgan fingerprint density at radius 2 is 2.05 bits per heavy atom. The minimum atomic E-state index is -0.600. The molecule has 0 aliphatic heterocycles. The summed E-state index contributed by atoms with van der Waals surface area (Å²) in [6.07, 6.45) is 0. The second kappa shape index (κ2) is 7.22. The topological polar surface area (TPSA) is 84.7 Å². The first-order chi connectivity index (χ1) is 10.2. The lowest BCUT2D eigenvalue weighted by atomic mass is 9.92. The van der Waals surface area contributed by atoms with E-state index in [0.29, 0.717) is 12.2 Å². The van der Waals surface area contributed by atoms with Crippen molar-refractivity contribution in [3.05, 3.63) is 33.9 Å². The van der Waals surface area contributed by atoms with Crippen molar-refractivity contribution in [3.63, 3.8) is 0 Å². The molecule has 122 valence electrons. The fourth-order valence-electron chi connectivity index (χ4n) is 2.33. The van der Waals surface area contributed by atoms with E-state index in [2.05, 4.69) is 24.1 Å². The molecule has 0 atom stereocenters. The molecule has 0 amide bonds. The van der Waals surface area contributed by atoms with Crippen LogP contribution >= 0.6 is 0 Å². The average Bonchev–Trinajstić information content (AvgIpc) is 2.42. The Balaban J connectivity index is 2.99. The van der Waals surface area contributed by atoms with Gasteiger partial charge < -0.3 is 15.0 Å². The molecule has 7 nitrogen and oxygen atoms in total. The summed E-state index contributed by atoms with van der Waals surface area (Å²) in [4.78, 5) is 24.2. The highest BCUT2D eigenvalue weighted by Gasteiger charge is 2.21. The minimum Gasteiger partial charge on any atom is -0.465 e. The summed E-state index contributed by atoms with van der Waals surface area (Å²) in [5.41, 5.74) is 0.527. The van der Waals surface area contributed by atoms with Gasteiger partial charge in [0.05, 0.1) is 17.6 Å². The van der Waals surface area contributed by atoms with E-state index in [4.69, 9.17) is 4.74 Å². The molecule has 0 aliphatic carbocycles. The Hall–Kier alpha value is -2.15. The summed E-state index contributed by atoms with van der Waals surface area (Å²) < 4.78 is 4.70. The maximum atomic E-state index is 11.8. The number of nitrogens with zero attached hydrogens (tertiary/aromatic N) is 2. The Bertz CT molecular complexity index is 556. The third-order valence-electron chi connectivity index (χ3n) is 3.12. The summed E-state index contributed by atoms with van der Waals surface area (Å²) in [5, 5.41) is 14.0. The van der Waals surface area contributed by atoms with Crippen LogP contribution in [0, 0.1) is 15.5 Å². The Kier molecular flexibility index (Phi) is 5.87. The second-order valence-electron chi connectivity index (χ2n) is 6.23. The first-order valence-corrected chi connectivity index (χ1v) is 6.91. The van der Waals surface area contributed by atoms with Crippen LogP contribution in [0.15, 0.2) is 18.2 Å². The van der Waals surface area contributed by atoms with Crippen molar-refractivity contribution in [1.82, 2.24) is 4.90 Å². The Morgan fingerprint density at radius 3 is 2.55 bits per heavy atom. The van der Waals surface area contributed by atoms with Gasteiger partial charge in [-0.1, -0.05) is 13.8 Å². The monoisotopic (exact) mass is 309 g/mol. The number of ether oxygens (including phenoxy) is 1. The first kappa shape index (κ1) is 17.9. The number of nitro benzene ring substituents is 1. The molecule has 0 saturated heterocycles. The van der Waals surface area contributed by atoms with Gasteiger partial charge in [0.1, 0.15) is 0 Å². The number of non-ortho nitro benzene ring substituents is 1. The molecule has 1 aromatic carbocycles. The lowest BCUT2D eigenvalue weighted by molar-refractivity contribution is -0.384. The first-order valence-electron chi connectivity index (χ1n) is 6.91. The van der Waals surface area contributed by atoms with Crippen molar-refractivity contribution in [2.24, 2.45) is 5.41 Å². The van der Waals surface area contributed by atoms with Crippen molar-refractivity contribution in [2.45, 2.75) is 13.8 Å². The molecule has 1 N–H and O–H groups in total. The summed E-state index contributed by atoms with van der Waals surface area (Å²) in [7, 11) is 5.24. The van der Waals surface area contributed by atoms with E-state index in [0.717, 1.165) is 6.54 Å². The standard InChI is InChI=1S/C15H23N3O4/c1-15(2,10-17(3)4)9-16-13-7-6-11(18(20)21)8-12(13)14(19)22-5/h6-8,16H,9-10H2,1-5H3. The normalized spacial score (nSPS) is 11.4. The van der Waals surface area contributed by atoms with Crippen molar-refractivity contribution in [1.29, 1.82) is 0 Å². The van der Waals surface area contributed by atoms with Gasteiger partial charge in [0.25, 0.3) is 5.69 Å². The van der Waals surface area contributed by atoms with Crippen LogP contribution in [0.5, 0.6) is 0 Å². The molecular weight excluding hydrogens is 286 g/mol. The van der Waals surface area contributed by atoms with Crippen molar-refractivity contribution in [3.8, 4) is 0 Å². The van der Waals surface area contributed by atoms with E-state index in [-0.39, 0.29) is 16.7 Å². The van der Waals surface area contributed by atoms with Gasteiger partial charge in [0.2, 0.25) is 0 Å². The highest BCUT2D eigenvalue weighted by Crippen LogP contribution is 2.25. The van der Waals surface area contributed by atoms with Crippen LogP contribution in [0.1, 0.15) is 24.2 Å². The van der Waals surface area contributed by atoms with Crippen LogP contribution in [0.4, 0.5) is 11.4 Å². The van der Waals surface area contributed by atoms with E-state index < -0.39 is 10.9 Å². The quantitative estimate of drug-likeness (QED) is 0.473. The highest BCUT2D eigenvalue weighted by atomic mass is 16.6. The third kappa shape index (κ3) is 5.00. The number of esters is 1. The molecular formula is C15H23N3O4. The van der Waals surface area contributed by atoms with Gasteiger partial charge in [-0.3, -0.25) is 10.1 Å². The molecule has 0 spiro atoms. The minimum absolute atomic E-state index is 0.0291. The molecule has 0 fully saturated rings. The number of rotatable bonds is 7. The molecule has 0 aromatic heterocycles. The molecule has 1 rings (SSSR count). The van der Waals surface area contributed by atoms with Crippen molar-refractivity contribution >= 4 is 17.3 Å². The lowest BCUT2D eigenvalue weighted by Crippen LogP contribution is -2.34. The average molecular weight is 309 g/mol. The molecule has 0 bridgehead atoms. The molecule has 0 saturated carbocycles. The highest BCUT2D eigenvalue weighted by molar-refractivity contribution is 5.96. The van der Waals surface area contributed by atoms with Gasteiger partial charge >= 0.3 is 5.97 Å². The summed E-state index contributed by atoms with van der Waals surface area (Å²) in [6.45, 7) is 5.68.